The summed E-state index contributed by atoms with van der Waals surface area (Å²) in [5.74, 6) is 0. The summed E-state index contributed by atoms with van der Waals surface area (Å²) < 4.78 is 0. The van der Waals surface area contributed by atoms with Crippen LogP contribution >= 0.6 is 0 Å². The molecule has 0 bridgehead atoms. The molecule has 0 spiro atoms. The maximum absolute atomic E-state index is 8.74. The Balaban J connectivity index is 2.13. The fraction of sp³-hybridized carbons (Fsp3) is 1.00. The molecule has 0 aromatic rings. The third-order valence-electron chi connectivity index (χ3n) is 3.17. The third kappa shape index (κ3) is 4.97. The van der Waals surface area contributed by atoms with Crippen molar-refractivity contribution in [2.24, 2.45) is 0 Å². The Morgan fingerprint density at radius 1 is 1.21 bits per heavy atom. The predicted octanol–water partition coefficient (Wildman–Crippen LogP) is 2.46. The molecule has 0 aromatic carbocycles. The Bertz CT molecular complexity index is 130. The molecule has 1 aliphatic carbocycles. The van der Waals surface area contributed by atoms with Gasteiger partial charge in [-0.25, -0.2) is 0 Å². The van der Waals surface area contributed by atoms with Crippen LogP contribution in [0.2, 0.25) is 0 Å². The fourth-order valence-corrected chi connectivity index (χ4v) is 2.33. The van der Waals surface area contributed by atoms with E-state index in [9.17, 15) is 0 Å². The average molecular weight is 199 g/mol. The minimum absolute atomic E-state index is 0.330. The smallest absolute Gasteiger partial charge is 0.0431 e. The van der Waals surface area contributed by atoms with E-state index in [1.807, 2.05) is 0 Å². The molecule has 0 amide bonds. The second kappa shape index (κ2) is 7.24. The van der Waals surface area contributed by atoms with E-state index in [2.05, 4.69) is 12.2 Å². The Kier molecular flexibility index (Phi) is 6.20. The van der Waals surface area contributed by atoms with Gasteiger partial charge in [0.2, 0.25) is 0 Å². The van der Waals surface area contributed by atoms with Crippen LogP contribution in [0.5, 0.6) is 0 Å². The topological polar surface area (TPSA) is 32.3 Å². The van der Waals surface area contributed by atoms with Crippen LogP contribution in [0.4, 0.5) is 0 Å². The normalized spacial score (nSPS) is 21.9. The Labute approximate surface area is 88.1 Å². The van der Waals surface area contributed by atoms with Crippen LogP contribution in [0.15, 0.2) is 0 Å². The number of aliphatic hydroxyl groups excluding tert-OH is 1. The molecular formula is C12H25NO. The first-order valence-electron chi connectivity index (χ1n) is 6.20. The van der Waals surface area contributed by atoms with Gasteiger partial charge in [-0.1, -0.05) is 25.7 Å². The van der Waals surface area contributed by atoms with Crippen LogP contribution in [0.25, 0.3) is 0 Å². The number of hydrogen-bond acceptors (Lipinski definition) is 2. The van der Waals surface area contributed by atoms with Gasteiger partial charge in [-0.3, -0.25) is 0 Å². The average Bonchev–Trinajstić information content (AvgIpc) is 2.43. The zero-order valence-electron chi connectivity index (χ0n) is 9.47. The van der Waals surface area contributed by atoms with Gasteiger partial charge in [0.1, 0.15) is 0 Å². The maximum Gasteiger partial charge on any atom is 0.0431 e. The lowest BCUT2D eigenvalue weighted by Crippen LogP contribution is -2.36. The van der Waals surface area contributed by atoms with E-state index in [0.717, 1.165) is 18.9 Å². The standard InChI is InChI=1S/C12H25NO/c1-11(7-6-10-14)13-12-8-4-2-3-5-9-12/h11-14H,2-10H2,1H3. The largest absolute Gasteiger partial charge is 0.396 e. The summed E-state index contributed by atoms with van der Waals surface area (Å²) in [6.07, 6.45) is 10.4. The summed E-state index contributed by atoms with van der Waals surface area (Å²) in [4.78, 5) is 0. The summed E-state index contributed by atoms with van der Waals surface area (Å²) >= 11 is 0. The minimum Gasteiger partial charge on any atom is -0.396 e. The molecule has 2 heteroatoms. The van der Waals surface area contributed by atoms with Gasteiger partial charge in [-0.05, 0) is 32.6 Å². The van der Waals surface area contributed by atoms with Gasteiger partial charge >= 0.3 is 0 Å². The molecule has 1 rings (SSSR count). The van der Waals surface area contributed by atoms with Crippen LogP contribution in [0.3, 0.4) is 0 Å². The summed E-state index contributed by atoms with van der Waals surface area (Å²) in [5.41, 5.74) is 0. The Hall–Kier alpha value is -0.0800. The van der Waals surface area contributed by atoms with Gasteiger partial charge < -0.3 is 10.4 Å². The van der Waals surface area contributed by atoms with Crippen molar-refractivity contribution in [3.05, 3.63) is 0 Å². The van der Waals surface area contributed by atoms with Gasteiger partial charge in [0, 0.05) is 18.7 Å². The molecule has 0 aliphatic heterocycles. The SMILES string of the molecule is CC(CCCO)NC1CCCCCC1. The van der Waals surface area contributed by atoms with Gasteiger partial charge in [0.15, 0.2) is 0 Å². The molecule has 0 saturated heterocycles. The molecule has 0 heterocycles. The number of nitrogens with one attached hydrogen (secondary N) is 1. The Morgan fingerprint density at radius 3 is 2.43 bits per heavy atom. The number of rotatable bonds is 5. The summed E-state index contributed by atoms with van der Waals surface area (Å²) in [5, 5.41) is 12.4. The Morgan fingerprint density at radius 2 is 1.86 bits per heavy atom. The second-order valence-corrected chi connectivity index (χ2v) is 4.62. The molecule has 1 atom stereocenters. The van der Waals surface area contributed by atoms with Gasteiger partial charge in [0.25, 0.3) is 0 Å². The van der Waals surface area contributed by atoms with Gasteiger partial charge in [-0.2, -0.15) is 0 Å². The van der Waals surface area contributed by atoms with Gasteiger partial charge in [-0.15, -0.1) is 0 Å². The molecule has 84 valence electrons. The zero-order chi connectivity index (χ0) is 10.2. The van der Waals surface area contributed by atoms with Crippen LogP contribution in [0, 0.1) is 0 Å². The first kappa shape index (κ1) is 12.0. The number of hydrogen-bond donors (Lipinski definition) is 2. The van der Waals surface area contributed by atoms with E-state index in [4.69, 9.17) is 5.11 Å². The second-order valence-electron chi connectivity index (χ2n) is 4.62. The van der Waals surface area contributed by atoms with E-state index in [0.29, 0.717) is 12.6 Å². The summed E-state index contributed by atoms with van der Waals surface area (Å²) in [7, 11) is 0. The molecule has 1 saturated carbocycles. The third-order valence-corrected chi connectivity index (χ3v) is 3.17. The molecule has 1 fully saturated rings. The highest BCUT2D eigenvalue weighted by atomic mass is 16.2. The lowest BCUT2D eigenvalue weighted by atomic mass is 10.1. The summed E-state index contributed by atoms with van der Waals surface area (Å²) in [6, 6.07) is 1.32. The van der Waals surface area contributed by atoms with Crippen molar-refractivity contribution in [2.75, 3.05) is 6.61 Å². The first-order chi connectivity index (χ1) is 6.83. The van der Waals surface area contributed by atoms with Crippen molar-refractivity contribution >= 4 is 0 Å². The van der Waals surface area contributed by atoms with Crippen LogP contribution in [0.1, 0.15) is 58.3 Å². The van der Waals surface area contributed by atoms with Crippen LogP contribution in [-0.4, -0.2) is 23.8 Å². The van der Waals surface area contributed by atoms with Crippen molar-refractivity contribution in [1.29, 1.82) is 0 Å². The molecule has 0 aromatic heterocycles. The van der Waals surface area contributed by atoms with Crippen molar-refractivity contribution in [2.45, 2.75) is 70.4 Å². The molecule has 2 N–H and O–H groups in total. The van der Waals surface area contributed by atoms with E-state index in [1.165, 1.54) is 38.5 Å². The molecule has 14 heavy (non-hydrogen) atoms. The molecular weight excluding hydrogens is 174 g/mol. The first-order valence-corrected chi connectivity index (χ1v) is 6.20. The molecule has 1 unspecified atom stereocenters. The van der Waals surface area contributed by atoms with Crippen molar-refractivity contribution < 1.29 is 5.11 Å². The van der Waals surface area contributed by atoms with Crippen LogP contribution in [-0.2, 0) is 0 Å². The van der Waals surface area contributed by atoms with Gasteiger partial charge in [0.05, 0.1) is 0 Å². The van der Waals surface area contributed by atoms with Crippen molar-refractivity contribution in [1.82, 2.24) is 5.32 Å². The highest BCUT2D eigenvalue weighted by molar-refractivity contribution is 4.74. The maximum atomic E-state index is 8.74. The lowest BCUT2D eigenvalue weighted by Gasteiger charge is -2.21. The van der Waals surface area contributed by atoms with E-state index >= 15 is 0 Å². The fourth-order valence-electron chi connectivity index (χ4n) is 2.33. The monoisotopic (exact) mass is 199 g/mol. The van der Waals surface area contributed by atoms with E-state index in [1.54, 1.807) is 0 Å². The van der Waals surface area contributed by atoms with Crippen molar-refractivity contribution in [3.63, 3.8) is 0 Å². The van der Waals surface area contributed by atoms with E-state index < -0.39 is 0 Å². The van der Waals surface area contributed by atoms with Crippen LogP contribution < -0.4 is 5.32 Å². The molecule has 2 nitrogen and oxygen atoms in total. The quantitative estimate of drug-likeness (QED) is 0.667. The lowest BCUT2D eigenvalue weighted by molar-refractivity contribution is 0.272. The zero-order valence-corrected chi connectivity index (χ0v) is 9.47. The predicted molar refractivity (Wildman–Crippen MR) is 60.4 cm³/mol. The van der Waals surface area contributed by atoms with Crippen molar-refractivity contribution in [3.8, 4) is 0 Å². The number of aliphatic hydroxyl groups is 1. The molecule has 0 radical (unpaired) electrons. The summed E-state index contributed by atoms with van der Waals surface area (Å²) in [6.45, 7) is 2.57. The highest BCUT2D eigenvalue weighted by Crippen LogP contribution is 2.17. The minimum atomic E-state index is 0.330. The van der Waals surface area contributed by atoms with E-state index in [-0.39, 0.29) is 0 Å². The molecule has 1 aliphatic rings. The highest BCUT2D eigenvalue weighted by Gasteiger charge is 2.13.